The molecule has 0 atom stereocenters. The molecule has 5 rings (SSSR count). The Hall–Kier alpha value is -6.02. The number of amides is 1. The third-order valence-corrected chi connectivity index (χ3v) is 7.46. The second-order valence-corrected chi connectivity index (χ2v) is 10.4. The third kappa shape index (κ3) is 6.97. The zero-order valence-corrected chi connectivity index (χ0v) is 24.1. The van der Waals surface area contributed by atoms with Crippen LogP contribution in [-0.4, -0.2) is 38.9 Å². The molecule has 1 aliphatic rings. The van der Waals surface area contributed by atoms with Crippen molar-refractivity contribution in [3.63, 3.8) is 0 Å². The van der Waals surface area contributed by atoms with Crippen molar-refractivity contribution < 1.29 is 34.0 Å². The fourth-order valence-corrected chi connectivity index (χ4v) is 5.25. The van der Waals surface area contributed by atoms with Gasteiger partial charge in [-0.3, -0.25) is 29.9 Å². The van der Waals surface area contributed by atoms with Gasteiger partial charge >= 0.3 is 5.69 Å². The molecule has 0 bridgehead atoms. The number of benzene rings is 4. The Labute approximate surface area is 259 Å². The summed E-state index contributed by atoms with van der Waals surface area (Å²) in [5.74, 6) is -1.56. The van der Waals surface area contributed by atoms with Gasteiger partial charge < -0.3 is 19.4 Å². The van der Waals surface area contributed by atoms with Crippen molar-refractivity contribution in [3.8, 4) is 17.2 Å². The molecule has 1 saturated heterocycles. The summed E-state index contributed by atoms with van der Waals surface area (Å²) in [5, 5.41) is 34.2. The van der Waals surface area contributed by atoms with Gasteiger partial charge in [-0.2, -0.15) is 0 Å². The predicted octanol–water partition coefficient (Wildman–Crippen LogP) is 5.47. The normalized spacial score (nSPS) is 14.5. The summed E-state index contributed by atoms with van der Waals surface area (Å²) in [6.07, 6.45) is 1.63. The minimum absolute atomic E-state index is 0.0178. The number of thioether (sulfide) groups is 1. The van der Waals surface area contributed by atoms with E-state index in [2.05, 4.69) is 4.99 Å². The smallest absolute Gasteiger partial charge is 0.318 e. The number of nitro groups is 2. The monoisotopic (exact) mass is 625 g/mol. The summed E-state index contributed by atoms with van der Waals surface area (Å²) in [7, 11) is 1.37. The first-order chi connectivity index (χ1) is 21.6. The molecule has 0 aromatic heterocycles. The van der Waals surface area contributed by atoms with E-state index in [0.29, 0.717) is 26.9 Å². The molecule has 1 fully saturated rings. The van der Waals surface area contributed by atoms with Gasteiger partial charge in [0.15, 0.2) is 16.7 Å². The van der Waals surface area contributed by atoms with E-state index in [1.807, 2.05) is 18.2 Å². The number of carboxylic acid groups (broad SMARTS) is 1. The van der Waals surface area contributed by atoms with Crippen molar-refractivity contribution in [1.29, 1.82) is 0 Å². The summed E-state index contributed by atoms with van der Waals surface area (Å²) in [6.45, 7) is 0.131. The summed E-state index contributed by atoms with van der Waals surface area (Å²) < 4.78 is 11.1. The molecule has 0 radical (unpaired) electrons. The SMILES string of the molecule is COc1cc(/C=C2\SC(=Nc3ccccc3)N(Cc3ccc(C(=O)[O-])cc3)C2=O)ccc1Oc1ccc([N+](=O)[O-])cc1[N+](=O)[O-]. The number of ether oxygens (including phenoxy) is 2. The fraction of sp³-hybridized carbons (Fsp3) is 0.0645. The van der Waals surface area contributed by atoms with E-state index < -0.39 is 27.2 Å². The first-order valence-corrected chi connectivity index (χ1v) is 13.9. The molecule has 0 spiro atoms. The lowest BCUT2D eigenvalue weighted by Crippen LogP contribution is -2.28. The van der Waals surface area contributed by atoms with E-state index in [-0.39, 0.29) is 35.3 Å². The Bertz CT molecular complexity index is 1880. The van der Waals surface area contributed by atoms with E-state index in [1.165, 1.54) is 30.2 Å². The van der Waals surface area contributed by atoms with Gasteiger partial charge in [0.1, 0.15) is 0 Å². The van der Waals surface area contributed by atoms with Gasteiger partial charge in [-0.15, -0.1) is 0 Å². The molecule has 4 aromatic carbocycles. The van der Waals surface area contributed by atoms with Crippen molar-refractivity contribution in [2.75, 3.05) is 7.11 Å². The number of nitro benzene ring substituents is 2. The summed E-state index contributed by atoms with van der Waals surface area (Å²) in [4.78, 5) is 52.3. The van der Waals surface area contributed by atoms with Crippen molar-refractivity contribution in [1.82, 2.24) is 4.90 Å². The zero-order valence-electron chi connectivity index (χ0n) is 23.3. The number of aromatic carboxylic acids is 1. The molecule has 14 heteroatoms. The van der Waals surface area contributed by atoms with Gasteiger partial charge in [-0.05, 0) is 64.9 Å². The van der Waals surface area contributed by atoms with Gasteiger partial charge in [-0.25, -0.2) is 4.99 Å². The van der Waals surface area contributed by atoms with E-state index in [0.717, 1.165) is 30.0 Å². The first kappa shape index (κ1) is 30.4. The van der Waals surface area contributed by atoms with Crippen LogP contribution in [0.5, 0.6) is 17.2 Å². The van der Waals surface area contributed by atoms with Gasteiger partial charge in [0.2, 0.25) is 5.75 Å². The Morgan fingerprint density at radius 3 is 2.27 bits per heavy atom. The van der Waals surface area contributed by atoms with Crippen LogP contribution in [0.15, 0.2) is 101 Å². The van der Waals surface area contributed by atoms with Crippen LogP contribution in [0.1, 0.15) is 21.5 Å². The predicted molar refractivity (Wildman–Crippen MR) is 163 cm³/mol. The summed E-state index contributed by atoms with van der Waals surface area (Å²) >= 11 is 1.15. The minimum Gasteiger partial charge on any atom is -0.545 e. The molecule has 13 nitrogen and oxygen atoms in total. The maximum absolute atomic E-state index is 13.6. The number of carboxylic acids is 1. The number of hydrogen-bond acceptors (Lipinski definition) is 11. The lowest BCUT2D eigenvalue weighted by Gasteiger charge is -2.16. The van der Waals surface area contributed by atoms with E-state index in [4.69, 9.17) is 9.47 Å². The van der Waals surface area contributed by atoms with Crippen LogP contribution in [0, 0.1) is 20.2 Å². The molecule has 0 aliphatic carbocycles. The number of aliphatic imine (C=N–C) groups is 1. The fourth-order valence-electron chi connectivity index (χ4n) is 4.25. The molecule has 0 N–H and O–H groups in total. The Kier molecular flexibility index (Phi) is 8.86. The summed E-state index contributed by atoms with van der Waals surface area (Å²) in [6, 6.07) is 22.8. The number of carbonyl (C=O) groups excluding carboxylic acids is 2. The van der Waals surface area contributed by atoms with Crippen molar-refractivity contribution in [2.24, 2.45) is 4.99 Å². The summed E-state index contributed by atoms with van der Waals surface area (Å²) in [5.41, 5.74) is 0.830. The van der Waals surface area contributed by atoms with Crippen LogP contribution in [0.3, 0.4) is 0 Å². The van der Waals surface area contributed by atoms with Crippen LogP contribution in [0.2, 0.25) is 0 Å². The largest absolute Gasteiger partial charge is 0.545 e. The zero-order chi connectivity index (χ0) is 32.1. The number of methoxy groups -OCH3 is 1. The second kappa shape index (κ2) is 13.1. The Balaban J connectivity index is 1.45. The van der Waals surface area contributed by atoms with Gasteiger partial charge in [0, 0.05) is 6.07 Å². The number of amidine groups is 1. The average molecular weight is 626 g/mol. The average Bonchev–Trinajstić information content (AvgIpc) is 3.31. The van der Waals surface area contributed by atoms with Crippen molar-refractivity contribution in [2.45, 2.75) is 6.54 Å². The van der Waals surface area contributed by atoms with Gasteiger partial charge in [-0.1, -0.05) is 48.5 Å². The van der Waals surface area contributed by atoms with E-state index in [1.54, 1.807) is 42.5 Å². The topological polar surface area (TPSA) is 178 Å². The highest BCUT2D eigenvalue weighted by Gasteiger charge is 2.33. The molecule has 1 heterocycles. The third-order valence-electron chi connectivity index (χ3n) is 6.45. The minimum atomic E-state index is -1.30. The molecular formula is C31H21N4O9S-. The molecule has 45 heavy (non-hydrogen) atoms. The number of nitrogens with zero attached hydrogens (tertiary/aromatic N) is 4. The Morgan fingerprint density at radius 2 is 1.62 bits per heavy atom. The highest BCUT2D eigenvalue weighted by Crippen LogP contribution is 2.40. The molecule has 1 aliphatic heterocycles. The van der Waals surface area contributed by atoms with Crippen molar-refractivity contribution in [3.05, 3.63) is 133 Å². The lowest BCUT2D eigenvalue weighted by atomic mass is 10.1. The molecular weight excluding hydrogens is 604 g/mol. The maximum atomic E-state index is 13.6. The lowest BCUT2D eigenvalue weighted by molar-refractivity contribution is -0.394. The number of para-hydroxylation sites is 1. The highest BCUT2D eigenvalue weighted by atomic mass is 32.2. The molecule has 226 valence electrons. The number of carbonyl (C=O) groups is 2. The number of non-ortho nitro benzene ring substituents is 1. The highest BCUT2D eigenvalue weighted by molar-refractivity contribution is 8.18. The van der Waals surface area contributed by atoms with Crippen LogP contribution >= 0.6 is 11.8 Å². The van der Waals surface area contributed by atoms with Crippen LogP contribution in [0.25, 0.3) is 6.08 Å². The molecule has 0 saturated carbocycles. The molecule has 0 unspecified atom stereocenters. The molecule has 1 amide bonds. The van der Waals surface area contributed by atoms with Crippen LogP contribution in [0.4, 0.5) is 17.1 Å². The van der Waals surface area contributed by atoms with Crippen LogP contribution in [-0.2, 0) is 11.3 Å². The maximum Gasteiger partial charge on any atom is 0.318 e. The second-order valence-electron chi connectivity index (χ2n) is 9.39. The molecule has 4 aromatic rings. The van der Waals surface area contributed by atoms with Gasteiger partial charge in [0.05, 0.1) is 46.1 Å². The number of hydrogen-bond donors (Lipinski definition) is 0. The van der Waals surface area contributed by atoms with Crippen molar-refractivity contribution >= 4 is 51.9 Å². The first-order valence-electron chi connectivity index (χ1n) is 13.1. The van der Waals surface area contributed by atoms with Crippen LogP contribution < -0.4 is 14.6 Å². The van der Waals surface area contributed by atoms with E-state index >= 15 is 0 Å². The quantitative estimate of drug-likeness (QED) is 0.125. The Morgan fingerprint density at radius 1 is 0.911 bits per heavy atom. The number of rotatable bonds is 10. The standard InChI is InChI=1S/C31H22N4O9S/c1-43-27-15-20(9-13-26(27)44-25-14-12-23(34(39)40)17-24(25)35(41)42)16-28-29(36)33(18-19-7-10-21(11-8-19)30(37)38)31(45-28)32-22-5-3-2-4-6-22/h2-17H,18H2,1H3,(H,37,38)/p-1/b28-16-,32-31?. The van der Waals surface area contributed by atoms with Gasteiger partial charge in [0.25, 0.3) is 11.6 Å². The van der Waals surface area contributed by atoms with E-state index in [9.17, 15) is 34.9 Å².